The molecule has 7 nitrogen and oxygen atoms in total. The number of carbonyl (C=O) groups is 1. The monoisotopic (exact) mass is 441 g/mol. The molecule has 0 unspecified atom stereocenters. The zero-order chi connectivity index (χ0) is 23.2. The van der Waals surface area contributed by atoms with E-state index in [1.807, 2.05) is 79.7 Å². The fraction of sp³-hybridized carbons (Fsp3) is 0.115. The maximum atomic E-state index is 13.1. The van der Waals surface area contributed by atoms with Crippen molar-refractivity contribution in [3.63, 3.8) is 0 Å². The average molecular weight is 441 g/mol. The third-order valence-electron chi connectivity index (χ3n) is 5.10. The number of aliphatic carboxylic acids is 1. The molecule has 0 fully saturated rings. The molecule has 4 aromatic rings. The number of para-hydroxylation sites is 1. The number of hydrogen-bond acceptors (Lipinski definition) is 5. The first kappa shape index (κ1) is 21.8. The Morgan fingerprint density at radius 3 is 2.21 bits per heavy atom. The number of benzene rings is 3. The zero-order valence-electron chi connectivity index (χ0n) is 18.0. The first-order valence-electron chi connectivity index (χ1n) is 10.5. The van der Waals surface area contributed by atoms with Gasteiger partial charge in [-0.05, 0) is 36.8 Å². The van der Waals surface area contributed by atoms with Gasteiger partial charge < -0.3 is 15.2 Å². The Hall–Kier alpha value is -4.39. The van der Waals surface area contributed by atoms with Crippen molar-refractivity contribution < 1.29 is 14.6 Å². The average Bonchev–Trinajstić information content (AvgIpc) is 2.83. The van der Waals surface area contributed by atoms with Crippen molar-refractivity contribution in [2.45, 2.75) is 19.5 Å². The summed E-state index contributed by atoms with van der Waals surface area (Å²) in [6.07, 6.45) is 1.45. The van der Waals surface area contributed by atoms with E-state index >= 15 is 0 Å². The summed E-state index contributed by atoms with van der Waals surface area (Å²) in [4.78, 5) is 28.9. The van der Waals surface area contributed by atoms with Crippen LogP contribution in [0.2, 0.25) is 0 Å². The predicted octanol–water partition coefficient (Wildman–Crippen LogP) is 4.96. The van der Waals surface area contributed by atoms with Gasteiger partial charge in [0.15, 0.2) is 0 Å². The predicted molar refractivity (Wildman–Crippen MR) is 127 cm³/mol. The highest BCUT2D eigenvalue weighted by Gasteiger charge is 2.16. The van der Waals surface area contributed by atoms with Crippen molar-refractivity contribution in [2.75, 3.05) is 5.32 Å². The van der Waals surface area contributed by atoms with Crippen LogP contribution in [0.25, 0.3) is 11.4 Å². The highest BCUT2D eigenvalue weighted by atomic mass is 16.5. The molecule has 7 heteroatoms. The maximum absolute atomic E-state index is 13.1. The Morgan fingerprint density at radius 2 is 1.58 bits per heavy atom. The SMILES string of the molecule is C[C@@H](Nc1cnc(-c2ccccc2)n(CC(=O)O)c1=O)c1ccc(Oc2ccccc2)cc1. The Kier molecular flexibility index (Phi) is 6.50. The largest absolute Gasteiger partial charge is 0.480 e. The highest BCUT2D eigenvalue weighted by molar-refractivity contribution is 5.68. The molecule has 0 aliphatic heterocycles. The topological polar surface area (TPSA) is 93.5 Å². The van der Waals surface area contributed by atoms with Crippen LogP contribution in [-0.2, 0) is 11.3 Å². The lowest BCUT2D eigenvalue weighted by atomic mass is 10.1. The molecule has 0 amide bonds. The molecule has 0 aliphatic rings. The van der Waals surface area contributed by atoms with Crippen LogP contribution in [0.15, 0.2) is 95.9 Å². The number of aromatic nitrogens is 2. The summed E-state index contributed by atoms with van der Waals surface area (Å²) in [5.74, 6) is 0.647. The maximum Gasteiger partial charge on any atom is 0.323 e. The number of rotatable bonds is 8. The fourth-order valence-corrected chi connectivity index (χ4v) is 3.46. The Balaban J connectivity index is 1.55. The van der Waals surface area contributed by atoms with Crippen molar-refractivity contribution in [3.05, 3.63) is 107 Å². The fourth-order valence-electron chi connectivity index (χ4n) is 3.46. The van der Waals surface area contributed by atoms with Gasteiger partial charge in [-0.15, -0.1) is 0 Å². The molecule has 1 aromatic heterocycles. The number of hydrogen-bond donors (Lipinski definition) is 2. The van der Waals surface area contributed by atoms with Crippen LogP contribution in [0.1, 0.15) is 18.5 Å². The van der Waals surface area contributed by atoms with Gasteiger partial charge in [0.25, 0.3) is 5.56 Å². The second-order valence-corrected chi connectivity index (χ2v) is 7.50. The Morgan fingerprint density at radius 1 is 0.970 bits per heavy atom. The van der Waals surface area contributed by atoms with Crippen molar-refractivity contribution in [3.8, 4) is 22.9 Å². The summed E-state index contributed by atoms with van der Waals surface area (Å²) in [7, 11) is 0. The Labute approximate surface area is 190 Å². The second kappa shape index (κ2) is 9.82. The van der Waals surface area contributed by atoms with E-state index in [2.05, 4.69) is 10.3 Å². The lowest BCUT2D eigenvalue weighted by Crippen LogP contribution is -2.29. The van der Waals surface area contributed by atoms with Crippen molar-refractivity contribution >= 4 is 11.7 Å². The first-order chi connectivity index (χ1) is 16.0. The van der Waals surface area contributed by atoms with Crippen LogP contribution in [0.3, 0.4) is 0 Å². The summed E-state index contributed by atoms with van der Waals surface area (Å²) >= 11 is 0. The van der Waals surface area contributed by atoms with Crippen molar-refractivity contribution in [1.29, 1.82) is 0 Å². The van der Waals surface area contributed by atoms with E-state index in [9.17, 15) is 14.7 Å². The minimum Gasteiger partial charge on any atom is -0.480 e. The van der Waals surface area contributed by atoms with E-state index in [-0.39, 0.29) is 11.7 Å². The van der Waals surface area contributed by atoms with Crippen LogP contribution < -0.4 is 15.6 Å². The van der Waals surface area contributed by atoms with E-state index in [1.165, 1.54) is 10.8 Å². The molecular weight excluding hydrogens is 418 g/mol. The van der Waals surface area contributed by atoms with E-state index in [4.69, 9.17) is 4.74 Å². The number of ether oxygens (including phenoxy) is 1. The molecule has 0 radical (unpaired) electrons. The van der Waals surface area contributed by atoms with Gasteiger partial charge >= 0.3 is 5.97 Å². The van der Waals surface area contributed by atoms with Crippen LogP contribution in [0.5, 0.6) is 11.5 Å². The van der Waals surface area contributed by atoms with Gasteiger partial charge in [0.2, 0.25) is 0 Å². The van der Waals surface area contributed by atoms with Gasteiger partial charge in [-0.25, -0.2) is 4.98 Å². The molecule has 3 aromatic carbocycles. The number of nitrogens with one attached hydrogen (secondary N) is 1. The number of carboxylic acid groups (broad SMARTS) is 1. The summed E-state index contributed by atoms with van der Waals surface area (Å²) in [5, 5.41) is 12.5. The van der Waals surface area contributed by atoms with Crippen LogP contribution in [0.4, 0.5) is 5.69 Å². The van der Waals surface area contributed by atoms with Gasteiger partial charge in [0, 0.05) is 11.6 Å². The first-order valence-corrected chi connectivity index (χ1v) is 10.5. The van der Waals surface area contributed by atoms with Crippen LogP contribution in [-0.4, -0.2) is 20.6 Å². The smallest absolute Gasteiger partial charge is 0.323 e. The molecule has 1 heterocycles. The van der Waals surface area contributed by atoms with Gasteiger partial charge in [-0.1, -0.05) is 60.7 Å². The van der Waals surface area contributed by atoms with Crippen LogP contribution >= 0.6 is 0 Å². The van der Waals surface area contributed by atoms with Gasteiger partial charge in [-0.2, -0.15) is 0 Å². The summed E-state index contributed by atoms with van der Waals surface area (Å²) in [6, 6.07) is 25.9. The lowest BCUT2D eigenvalue weighted by molar-refractivity contribution is -0.137. The van der Waals surface area contributed by atoms with Gasteiger partial charge in [0.1, 0.15) is 29.6 Å². The number of nitrogens with zero attached hydrogens (tertiary/aromatic N) is 2. The molecule has 33 heavy (non-hydrogen) atoms. The summed E-state index contributed by atoms with van der Waals surface area (Å²) in [5.41, 5.74) is 1.39. The molecule has 0 bridgehead atoms. The Bertz CT molecular complexity index is 1290. The minimum atomic E-state index is -1.12. The van der Waals surface area contributed by atoms with E-state index in [0.29, 0.717) is 17.1 Å². The van der Waals surface area contributed by atoms with E-state index in [0.717, 1.165) is 11.3 Å². The lowest BCUT2D eigenvalue weighted by Gasteiger charge is -2.18. The molecule has 0 aliphatic carbocycles. The minimum absolute atomic E-state index is 0.217. The van der Waals surface area contributed by atoms with Crippen molar-refractivity contribution in [1.82, 2.24) is 9.55 Å². The highest BCUT2D eigenvalue weighted by Crippen LogP contribution is 2.25. The zero-order valence-corrected chi connectivity index (χ0v) is 18.0. The second-order valence-electron chi connectivity index (χ2n) is 7.50. The van der Waals surface area contributed by atoms with Crippen LogP contribution in [0, 0.1) is 0 Å². The molecule has 0 saturated heterocycles. The van der Waals surface area contributed by atoms with Gasteiger partial charge in [0.05, 0.1) is 6.20 Å². The quantitative estimate of drug-likeness (QED) is 0.401. The summed E-state index contributed by atoms with van der Waals surface area (Å²) in [6.45, 7) is 1.44. The molecule has 2 N–H and O–H groups in total. The van der Waals surface area contributed by atoms with Gasteiger partial charge in [-0.3, -0.25) is 14.2 Å². The molecule has 1 atom stereocenters. The van der Waals surface area contributed by atoms with E-state index in [1.54, 1.807) is 12.1 Å². The van der Waals surface area contributed by atoms with Crippen molar-refractivity contribution in [2.24, 2.45) is 0 Å². The molecule has 166 valence electrons. The number of carboxylic acids is 1. The molecule has 0 spiro atoms. The third-order valence-corrected chi connectivity index (χ3v) is 5.10. The molecule has 4 rings (SSSR count). The third kappa shape index (κ3) is 5.27. The van der Waals surface area contributed by atoms with E-state index < -0.39 is 18.1 Å². The normalized spacial score (nSPS) is 11.5. The number of anilines is 1. The molecular formula is C26H23N3O4. The standard InChI is InChI=1S/C26H23N3O4/c1-18(19-12-14-22(15-13-19)33-21-10-6-3-7-11-21)28-23-16-27-25(20-8-4-2-5-9-20)29(26(23)32)17-24(30)31/h2-16,18,28H,17H2,1H3,(H,30,31)/t18-/m1/s1. The summed E-state index contributed by atoms with van der Waals surface area (Å²) < 4.78 is 6.99. The molecule has 0 saturated carbocycles.